The largest absolute Gasteiger partial charge is 0.416 e. The number of primary amides is 1. The average Bonchev–Trinajstić information content (AvgIpc) is 2.93. The van der Waals surface area contributed by atoms with Crippen molar-refractivity contribution in [3.8, 4) is 11.8 Å². The first kappa shape index (κ1) is 16.9. The molecule has 0 unspecified atom stereocenters. The molecule has 1 aromatic rings. The summed E-state index contributed by atoms with van der Waals surface area (Å²) in [5.74, 6) is 3.37. The summed E-state index contributed by atoms with van der Waals surface area (Å²) < 4.78 is 37.3. The molecule has 122 valence electrons. The van der Waals surface area contributed by atoms with Crippen LogP contribution in [0, 0.1) is 17.8 Å². The van der Waals surface area contributed by atoms with Gasteiger partial charge in [0, 0.05) is 17.5 Å². The molecule has 1 aromatic carbocycles. The Kier molecular flexibility index (Phi) is 4.94. The maximum Gasteiger partial charge on any atom is 0.416 e. The zero-order valence-corrected chi connectivity index (χ0v) is 12.1. The van der Waals surface area contributed by atoms with Crippen molar-refractivity contribution in [2.24, 2.45) is 11.7 Å². The van der Waals surface area contributed by atoms with Crippen LogP contribution in [-0.2, 0) is 15.8 Å². The van der Waals surface area contributed by atoms with E-state index in [-0.39, 0.29) is 6.04 Å². The Labute approximate surface area is 131 Å². The van der Waals surface area contributed by atoms with Crippen LogP contribution < -0.4 is 11.1 Å². The Balaban J connectivity index is 1.98. The molecule has 0 spiro atoms. The third-order valence-electron chi connectivity index (χ3n) is 3.73. The molecule has 2 atom stereocenters. The van der Waals surface area contributed by atoms with E-state index in [1.54, 1.807) is 0 Å². The van der Waals surface area contributed by atoms with Crippen molar-refractivity contribution in [1.82, 2.24) is 5.32 Å². The highest BCUT2D eigenvalue weighted by molar-refractivity contribution is 5.94. The number of alkyl halides is 3. The van der Waals surface area contributed by atoms with Crippen LogP contribution in [0.15, 0.2) is 24.3 Å². The van der Waals surface area contributed by atoms with Crippen LogP contribution in [0.4, 0.5) is 13.2 Å². The second-order valence-electron chi connectivity index (χ2n) is 5.34. The van der Waals surface area contributed by atoms with Gasteiger partial charge >= 0.3 is 6.18 Å². The van der Waals surface area contributed by atoms with Gasteiger partial charge in [0.25, 0.3) is 5.91 Å². The number of carbonyl (C=O) groups is 2. The second-order valence-corrected chi connectivity index (χ2v) is 5.34. The van der Waals surface area contributed by atoms with Gasteiger partial charge in [0.15, 0.2) is 0 Å². The van der Waals surface area contributed by atoms with E-state index < -0.39 is 29.5 Å². The van der Waals surface area contributed by atoms with Gasteiger partial charge < -0.3 is 11.1 Å². The van der Waals surface area contributed by atoms with Crippen LogP contribution in [0.1, 0.15) is 30.4 Å². The summed E-state index contributed by atoms with van der Waals surface area (Å²) in [6.45, 7) is 0. The van der Waals surface area contributed by atoms with Gasteiger partial charge in [0.05, 0.1) is 11.5 Å². The smallest absolute Gasteiger partial charge is 0.369 e. The summed E-state index contributed by atoms with van der Waals surface area (Å²) in [5.41, 5.74) is 4.78. The topological polar surface area (TPSA) is 72.2 Å². The molecule has 23 heavy (non-hydrogen) atoms. The number of nitrogens with one attached hydrogen (secondary N) is 1. The Morgan fingerprint density at radius 3 is 2.39 bits per heavy atom. The van der Waals surface area contributed by atoms with Gasteiger partial charge in [-0.1, -0.05) is 12.3 Å². The van der Waals surface area contributed by atoms with Crippen molar-refractivity contribution in [2.45, 2.75) is 31.5 Å². The molecule has 0 bridgehead atoms. The summed E-state index contributed by atoms with van der Waals surface area (Å²) >= 11 is 0. The average molecular weight is 324 g/mol. The monoisotopic (exact) mass is 324 g/mol. The summed E-state index contributed by atoms with van der Waals surface area (Å²) in [5, 5.41) is 2.62. The molecule has 0 aliphatic heterocycles. The highest BCUT2D eigenvalue weighted by Gasteiger charge is 2.32. The third kappa shape index (κ3) is 4.49. The van der Waals surface area contributed by atoms with Gasteiger partial charge in [-0.25, -0.2) is 0 Å². The first-order valence-electron chi connectivity index (χ1n) is 7.06. The first-order valence-corrected chi connectivity index (χ1v) is 7.06. The molecule has 0 saturated heterocycles. The molecular formula is C16H15F3N2O2. The van der Waals surface area contributed by atoms with Crippen LogP contribution in [0.2, 0.25) is 0 Å². The molecule has 4 nitrogen and oxygen atoms in total. The summed E-state index contributed by atoms with van der Waals surface area (Å²) in [4.78, 5) is 23.0. The van der Waals surface area contributed by atoms with Gasteiger partial charge in [0.1, 0.15) is 0 Å². The van der Waals surface area contributed by atoms with Crippen LogP contribution in [0.5, 0.6) is 0 Å². The summed E-state index contributed by atoms with van der Waals surface area (Å²) in [6, 6.07) is 3.88. The number of nitrogens with two attached hydrogens (primary N) is 1. The van der Waals surface area contributed by atoms with Gasteiger partial charge in [-0.15, -0.1) is 0 Å². The molecule has 1 fully saturated rings. The summed E-state index contributed by atoms with van der Waals surface area (Å²) in [6.07, 6.45) is -2.33. The molecule has 7 heteroatoms. The molecule has 0 aromatic heterocycles. The normalized spacial score (nSPS) is 20.5. The molecule has 2 amide bonds. The molecule has 2 rings (SSSR count). The van der Waals surface area contributed by atoms with Crippen LogP contribution in [0.25, 0.3) is 0 Å². The number of amides is 2. The molecule has 0 heterocycles. The number of benzene rings is 1. The van der Waals surface area contributed by atoms with E-state index in [1.807, 2.05) is 0 Å². The minimum Gasteiger partial charge on any atom is -0.369 e. The van der Waals surface area contributed by atoms with Crippen molar-refractivity contribution in [1.29, 1.82) is 0 Å². The number of hydrogen-bond acceptors (Lipinski definition) is 2. The van der Waals surface area contributed by atoms with E-state index in [2.05, 4.69) is 17.2 Å². The molecule has 1 aliphatic carbocycles. The van der Waals surface area contributed by atoms with E-state index in [9.17, 15) is 22.8 Å². The van der Waals surface area contributed by atoms with Crippen LogP contribution in [-0.4, -0.2) is 17.9 Å². The van der Waals surface area contributed by atoms with Gasteiger partial charge in [-0.2, -0.15) is 13.2 Å². The van der Waals surface area contributed by atoms with Gasteiger partial charge in [-0.05, 0) is 37.1 Å². The molecular weight excluding hydrogens is 309 g/mol. The standard InChI is InChI=1S/C16H15F3N2O2/c17-16(18,19)11-7-4-10(5-8-11)6-9-14(22)21-13-3-1-2-12(13)15(20)23/h4-5,7-8,12-13H,1-3H2,(H2,20,23)(H,21,22)/t12-,13-/m0/s1. The Bertz CT molecular complexity index is 657. The zero-order valence-electron chi connectivity index (χ0n) is 12.1. The van der Waals surface area contributed by atoms with E-state index in [4.69, 9.17) is 5.73 Å². The number of hydrogen-bond donors (Lipinski definition) is 2. The maximum absolute atomic E-state index is 12.4. The van der Waals surface area contributed by atoms with E-state index in [0.717, 1.165) is 18.6 Å². The van der Waals surface area contributed by atoms with Crippen molar-refractivity contribution in [3.63, 3.8) is 0 Å². The van der Waals surface area contributed by atoms with Crippen molar-refractivity contribution < 1.29 is 22.8 Å². The quantitative estimate of drug-likeness (QED) is 0.815. The Morgan fingerprint density at radius 2 is 1.83 bits per heavy atom. The van der Waals surface area contributed by atoms with Gasteiger partial charge in [0.2, 0.25) is 5.91 Å². The van der Waals surface area contributed by atoms with Crippen LogP contribution >= 0.6 is 0 Å². The maximum atomic E-state index is 12.4. The molecule has 1 saturated carbocycles. The van der Waals surface area contributed by atoms with E-state index >= 15 is 0 Å². The molecule has 1 aliphatic rings. The molecule has 3 N–H and O–H groups in total. The van der Waals surface area contributed by atoms with Crippen molar-refractivity contribution in [2.75, 3.05) is 0 Å². The number of halogens is 3. The Hall–Kier alpha value is -2.49. The number of carbonyl (C=O) groups excluding carboxylic acids is 2. The summed E-state index contributed by atoms with van der Waals surface area (Å²) in [7, 11) is 0. The van der Waals surface area contributed by atoms with Gasteiger partial charge in [-0.3, -0.25) is 9.59 Å². The fourth-order valence-corrected chi connectivity index (χ4v) is 2.55. The lowest BCUT2D eigenvalue weighted by atomic mass is 10.0. The minimum absolute atomic E-state index is 0.297. The lowest BCUT2D eigenvalue weighted by Gasteiger charge is -2.16. The molecule has 0 radical (unpaired) electrons. The predicted octanol–water partition coefficient (Wildman–Crippen LogP) is 1.83. The second kappa shape index (κ2) is 6.73. The van der Waals surface area contributed by atoms with E-state index in [1.165, 1.54) is 12.1 Å². The fourth-order valence-electron chi connectivity index (χ4n) is 2.55. The Morgan fingerprint density at radius 1 is 1.17 bits per heavy atom. The highest BCUT2D eigenvalue weighted by atomic mass is 19.4. The van der Waals surface area contributed by atoms with E-state index in [0.29, 0.717) is 18.4 Å². The number of rotatable bonds is 2. The highest BCUT2D eigenvalue weighted by Crippen LogP contribution is 2.29. The first-order chi connectivity index (χ1) is 10.8. The van der Waals surface area contributed by atoms with Crippen molar-refractivity contribution in [3.05, 3.63) is 35.4 Å². The lowest BCUT2D eigenvalue weighted by Crippen LogP contribution is -2.41. The lowest BCUT2D eigenvalue weighted by molar-refractivity contribution is -0.137. The van der Waals surface area contributed by atoms with Crippen LogP contribution in [0.3, 0.4) is 0 Å². The third-order valence-corrected chi connectivity index (χ3v) is 3.73. The zero-order chi connectivity index (χ0) is 17.0. The SMILES string of the molecule is NC(=O)[C@H]1CCC[C@@H]1NC(=O)C#Cc1ccc(C(F)(F)F)cc1. The fraction of sp³-hybridized carbons (Fsp3) is 0.375. The predicted molar refractivity (Wildman–Crippen MR) is 76.8 cm³/mol. The minimum atomic E-state index is -4.41. The van der Waals surface area contributed by atoms with Crippen molar-refractivity contribution >= 4 is 11.8 Å².